The zero-order valence-electron chi connectivity index (χ0n) is 48.2. The molecule has 0 aliphatic carbocycles. The van der Waals surface area contributed by atoms with Gasteiger partial charge < -0.3 is 22.7 Å². The number of aromatic nitrogens is 4. The van der Waals surface area contributed by atoms with Gasteiger partial charge in [0.1, 0.15) is 11.2 Å². The van der Waals surface area contributed by atoms with Crippen molar-refractivity contribution < 1.29 is 4.42 Å². The van der Waals surface area contributed by atoms with Gasteiger partial charge in [-0.3, -0.25) is 0 Å². The molecule has 5 heterocycles. The minimum atomic E-state index is 0.896. The van der Waals surface area contributed by atoms with E-state index in [1.807, 2.05) is 6.07 Å². The van der Waals surface area contributed by atoms with Crippen LogP contribution in [-0.4, -0.2) is 18.3 Å². The summed E-state index contributed by atoms with van der Waals surface area (Å²) in [4.78, 5) is 0. The van der Waals surface area contributed by atoms with Crippen molar-refractivity contribution in [1.29, 1.82) is 0 Å². The molecule has 5 heteroatoms. The topological polar surface area (TPSA) is 32.9 Å². The lowest BCUT2D eigenvalue weighted by Crippen LogP contribution is -1.95. The number of hydrogen-bond donors (Lipinski definition) is 0. The van der Waals surface area contributed by atoms with Crippen molar-refractivity contribution in [2.24, 2.45) is 0 Å². The predicted octanol–water partition coefficient (Wildman–Crippen LogP) is 22.6. The van der Waals surface area contributed by atoms with Crippen LogP contribution in [0, 0.1) is 0 Å². The summed E-state index contributed by atoms with van der Waals surface area (Å²) in [5.74, 6) is 0. The molecule has 19 rings (SSSR count). The highest BCUT2D eigenvalue weighted by molar-refractivity contribution is 6.21. The van der Waals surface area contributed by atoms with E-state index in [0.29, 0.717) is 0 Å². The standard InChI is InChI=1S/C84H52N4O/c1-2-19-53(20-3-1)57-23-15-26-61(46-57)86-75-36-10-5-31-67(75)72-52-80-73(51-79(72)86)68-32-6-11-37-76(68)87(80)62-27-16-24-58(47-62)56-22-14-21-55(45-56)54-41-43-60(44-42-54)85-74-35-9-4-29-65(74)70-50-81-71(49-78(70)85)66-30-7-12-38-77(66)88(81)63-28-17-25-59(48-63)64-34-18-40-83-84(64)69-33-8-13-39-82(69)89-83/h1-52H. The lowest BCUT2D eigenvalue weighted by molar-refractivity contribution is 0.669. The molecule has 0 spiro atoms. The van der Waals surface area contributed by atoms with E-state index in [1.165, 1.54) is 109 Å². The normalized spacial score (nSPS) is 12.0. The van der Waals surface area contributed by atoms with Crippen LogP contribution in [-0.2, 0) is 0 Å². The van der Waals surface area contributed by atoms with E-state index in [0.717, 1.165) is 66.9 Å². The third kappa shape index (κ3) is 7.56. The van der Waals surface area contributed by atoms with Crippen LogP contribution < -0.4 is 0 Å². The molecule has 0 bridgehead atoms. The van der Waals surface area contributed by atoms with Gasteiger partial charge in [-0.05, 0) is 160 Å². The first-order chi connectivity index (χ1) is 44.1. The maximum Gasteiger partial charge on any atom is 0.136 e. The van der Waals surface area contributed by atoms with Crippen LogP contribution in [0.1, 0.15) is 0 Å². The van der Waals surface area contributed by atoms with Gasteiger partial charge in [-0.15, -0.1) is 0 Å². The van der Waals surface area contributed by atoms with E-state index in [1.54, 1.807) is 0 Å². The molecule has 0 unspecified atom stereocenters. The van der Waals surface area contributed by atoms with Crippen LogP contribution in [0.3, 0.4) is 0 Å². The summed E-state index contributed by atoms with van der Waals surface area (Å²) in [6, 6.07) is 116. The minimum Gasteiger partial charge on any atom is -0.456 e. The average Bonchev–Trinajstić information content (AvgIpc) is 1.91. The van der Waals surface area contributed by atoms with Gasteiger partial charge in [0.2, 0.25) is 0 Å². The number of furan rings is 1. The van der Waals surface area contributed by atoms with Crippen molar-refractivity contribution in [3.63, 3.8) is 0 Å². The van der Waals surface area contributed by atoms with E-state index in [4.69, 9.17) is 4.42 Å². The second-order valence-electron chi connectivity index (χ2n) is 23.6. The van der Waals surface area contributed by atoms with Gasteiger partial charge >= 0.3 is 0 Å². The van der Waals surface area contributed by atoms with Crippen LogP contribution in [0.15, 0.2) is 320 Å². The molecule has 414 valence electrons. The molecule has 89 heavy (non-hydrogen) atoms. The van der Waals surface area contributed by atoms with Gasteiger partial charge in [-0.1, -0.05) is 200 Å². The highest BCUT2D eigenvalue weighted by atomic mass is 16.3. The first-order valence-electron chi connectivity index (χ1n) is 30.5. The number of hydrogen-bond acceptors (Lipinski definition) is 1. The first-order valence-corrected chi connectivity index (χ1v) is 30.5. The molecule has 0 saturated heterocycles. The van der Waals surface area contributed by atoms with Crippen molar-refractivity contribution in [2.75, 3.05) is 0 Å². The summed E-state index contributed by atoms with van der Waals surface area (Å²) in [6.45, 7) is 0. The van der Waals surface area contributed by atoms with Crippen LogP contribution in [0.4, 0.5) is 0 Å². The van der Waals surface area contributed by atoms with Crippen LogP contribution in [0.2, 0.25) is 0 Å². The fourth-order valence-electron chi connectivity index (χ4n) is 14.8. The molecule has 14 aromatic carbocycles. The largest absolute Gasteiger partial charge is 0.456 e. The van der Waals surface area contributed by atoms with Gasteiger partial charge in [0.25, 0.3) is 0 Å². The summed E-state index contributed by atoms with van der Waals surface area (Å²) in [7, 11) is 0. The van der Waals surface area contributed by atoms with Gasteiger partial charge in [0.05, 0.1) is 44.1 Å². The average molecular weight is 1130 g/mol. The number of nitrogens with zero attached hydrogens (tertiary/aromatic N) is 4. The Labute approximate surface area is 511 Å². The van der Waals surface area contributed by atoms with Gasteiger partial charge in [0.15, 0.2) is 0 Å². The van der Waals surface area contributed by atoms with E-state index in [9.17, 15) is 0 Å². The number of benzene rings is 14. The minimum absolute atomic E-state index is 0.896. The Hall–Kier alpha value is -11.9. The van der Waals surface area contributed by atoms with Crippen LogP contribution >= 0.6 is 0 Å². The Balaban J connectivity index is 0.687. The maximum atomic E-state index is 6.34. The second-order valence-corrected chi connectivity index (χ2v) is 23.6. The Morgan fingerprint density at radius 1 is 0.180 bits per heavy atom. The lowest BCUT2D eigenvalue weighted by Gasteiger charge is -2.13. The first kappa shape index (κ1) is 49.4. The van der Waals surface area contributed by atoms with Crippen molar-refractivity contribution in [3.05, 3.63) is 315 Å². The Bertz CT molecular complexity index is 6110. The molecule has 0 radical (unpaired) electrons. The molecule has 0 atom stereocenters. The molecule has 0 amide bonds. The molecular weight excluding hydrogens is 1080 g/mol. The number of rotatable bonds is 8. The number of para-hydroxylation sites is 5. The lowest BCUT2D eigenvalue weighted by atomic mass is 9.98. The summed E-state index contributed by atoms with van der Waals surface area (Å²) in [6.07, 6.45) is 0. The molecular formula is C84H52N4O. The van der Waals surface area contributed by atoms with Crippen molar-refractivity contribution in [3.8, 4) is 67.3 Å². The smallest absolute Gasteiger partial charge is 0.136 e. The van der Waals surface area contributed by atoms with E-state index < -0.39 is 0 Å². The molecule has 0 N–H and O–H groups in total. The predicted molar refractivity (Wildman–Crippen MR) is 373 cm³/mol. The highest BCUT2D eigenvalue weighted by Crippen LogP contribution is 2.44. The molecule has 19 aromatic rings. The Kier molecular flexibility index (Phi) is 10.7. The van der Waals surface area contributed by atoms with Crippen LogP contribution in [0.5, 0.6) is 0 Å². The summed E-state index contributed by atoms with van der Waals surface area (Å²) in [5.41, 5.74) is 25.1. The molecule has 0 saturated carbocycles. The quantitative estimate of drug-likeness (QED) is 0.149. The maximum absolute atomic E-state index is 6.34. The fourth-order valence-corrected chi connectivity index (χ4v) is 14.8. The zero-order chi connectivity index (χ0) is 58.3. The second kappa shape index (κ2) is 19.3. The van der Waals surface area contributed by atoms with Crippen molar-refractivity contribution in [2.45, 2.75) is 0 Å². The van der Waals surface area contributed by atoms with E-state index in [2.05, 4.69) is 328 Å². The fraction of sp³-hybridized carbons (Fsp3) is 0. The third-order valence-corrected chi connectivity index (χ3v) is 18.7. The van der Waals surface area contributed by atoms with Gasteiger partial charge in [-0.25, -0.2) is 0 Å². The molecule has 0 fully saturated rings. The van der Waals surface area contributed by atoms with Gasteiger partial charge in [-0.2, -0.15) is 0 Å². The van der Waals surface area contributed by atoms with E-state index >= 15 is 0 Å². The molecule has 5 nitrogen and oxygen atoms in total. The van der Waals surface area contributed by atoms with E-state index in [-0.39, 0.29) is 0 Å². The molecule has 5 aromatic heterocycles. The third-order valence-electron chi connectivity index (χ3n) is 18.7. The van der Waals surface area contributed by atoms with Crippen LogP contribution in [0.25, 0.3) is 176 Å². The van der Waals surface area contributed by atoms with Crippen molar-refractivity contribution in [1.82, 2.24) is 18.3 Å². The zero-order valence-corrected chi connectivity index (χ0v) is 48.2. The summed E-state index contributed by atoms with van der Waals surface area (Å²) >= 11 is 0. The SMILES string of the molecule is c1ccc(-c2cccc(-n3c4ccccc4c4cc5c(cc43)c3ccccc3n5-c3cccc(-c4cccc(-c5ccc(-n6c7ccccc7c7cc8c(cc76)c6ccccc6n8-c6cccc(-c7cccc8oc9ccccc9c78)c6)cc5)c4)c3)c2)cc1. The Morgan fingerprint density at radius 2 is 0.517 bits per heavy atom. The summed E-state index contributed by atoms with van der Waals surface area (Å²) < 4.78 is 16.1. The highest BCUT2D eigenvalue weighted by Gasteiger charge is 2.22. The Morgan fingerprint density at radius 3 is 1.02 bits per heavy atom. The number of fused-ring (bicyclic) bond motifs is 15. The van der Waals surface area contributed by atoms with Gasteiger partial charge in [0, 0.05) is 76.6 Å². The summed E-state index contributed by atoms with van der Waals surface area (Å²) in [5, 5.41) is 12.0. The molecule has 0 aliphatic rings. The molecule has 0 aliphatic heterocycles. The monoisotopic (exact) mass is 1130 g/mol. The van der Waals surface area contributed by atoms with Crippen molar-refractivity contribution >= 4 is 109 Å².